The Morgan fingerprint density at radius 1 is 1.31 bits per heavy atom. The van der Waals surface area contributed by atoms with Crippen LogP contribution < -0.4 is 4.74 Å². The van der Waals surface area contributed by atoms with Gasteiger partial charge in [-0.25, -0.2) is 0 Å². The van der Waals surface area contributed by atoms with E-state index in [9.17, 15) is 4.79 Å². The number of allylic oxidation sites excluding steroid dienone is 1. The molecular formula is C23H25Cl2NO3. The van der Waals surface area contributed by atoms with Crippen LogP contribution >= 0.6 is 23.2 Å². The molecule has 0 saturated carbocycles. The maximum atomic E-state index is 13.4. The molecule has 29 heavy (non-hydrogen) atoms. The topological polar surface area (TPSA) is 38.8 Å². The lowest BCUT2D eigenvalue weighted by atomic mass is 9.93. The van der Waals surface area contributed by atoms with Gasteiger partial charge in [-0.2, -0.15) is 0 Å². The molecule has 0 N–H and O–H groups in total. The van der Waals surface area contributed by atoms with Crippen LogP contribution in [0.1, 0.15) is 17.5 Å². The highest BCUT2D eigenvalue weighted by atomic mass is 35.5. The smallest absolute Gasteiger partial charge is 0.228 e. The lowest BCUT2D eigenvalue weighted by Gasteiger charge is -2.27. The molecular weight excluding hydrogens is 409 g/mol. The van der Waals surface area contributed by atoms with Crippen LogP contribution in [0.2, 0.25) is 10.0 Å². The number of carbonyl (C=O) groups is 1. The van der Waals surface area contributed by atoms with Gasteiger partial charge in [0.05, 0.1) is 19.8 Å². The van der Waals surface area contributed by atoms with Crippen molar-refractivity contribution in [2.45, 2.75) is 25.3 Å². The quantitative estimate of drug-likeness (QED) is 0.539. The highest BCUT2D eigenvalue weighted by Gasteiger charge is 2.34. The van der Waals surface area contributed by atoms with E-state index in [0.29, 0.717) is 42.0 Å². The van der Waals surface area contributed by atoms with E-state index in [1.54, 1.807) is 25.3 Å². The van der Waals surface area contributed by atoms with E-state index in [4.69, 9.17) is 32.7 Å². The number of nitrogens with zero attached hydrogens (tertiary/aromatic N) is 1. The molecule has 0 spiro atoms. The number of hydrogen-bond donors (Lipinski definition) is 0. The predicted molar refractivity (Wildman–Crippen MR) is 117 cm³/mol. The van der Waals surface area contributed by atoms with Gasteiger partial charge < -0.3 is 14.4 Å². The van der Waals surface area contributed by atoms with Crippen LogP contribution in [0, 0.1) is 5.92 Å². The van der Waals surface area contributed by atoms with E-state index in [-0.39, 0.29) is 17.9 Å². The average Bonchev–Trinajstić information content (AvgIpc) is 3.18. The van der Waals surface area contributed by atoms with E-state index in [1.165, 1.54) is 5.56 Å². The molecule has 0 bridgehead atoms. The van der Waals surface area contributed by atoms with Crippen LogP contribution in [0.5, 0.6) is 5.75 Å². The fraction of sp³-hybridized carbons (Fsp3) is 0.348. The standard InChI is InChI=1S/C23H25Cl2NO3/c1-3-7-17(11-20-21(24)12-19(28-2)13-22(20)25)23(27)26-15-29-14-18(26)10-16-8-5-4-6-9-16/h3-6,8-9,12-13,17-18H,1,7,10-11,14-15H2,2H3/t17?,18-/m1/s1. The molecule has 0 radical (unpaired) electrons. The van der Waals surface area contributed by atoms with Gasteiger partial charge in [0.2, 0.25) is 5.91 Å². The molecule has 1 aliphatic rings. The Balaban J connectivity index is 1.78. The zero-order valence-corrected chi connectivity index (χ0v) is 18.0. The number of benzene rings is 2. The summed E-state index contributed by atoms with van der Waals surface area (Å²) in [7, 11) is 1.56. The third kappa shape index (κ3) is 5.33. The van der Waals surface area contributed by atoms with Crippen molar-refractivity contribution >= 4 is 29.1 Å². The Kier molecular flexibility index (Phi) is 7.59. The Morgan fingerprint density at radius 2 is 2.00 bits per heavy atom. The maximum absolute atomic E-state index is 13.4. The second kappa shape index (κ2) is 10.1. The van der Waals surface area contributed by atoms with Gasteiger partial charge in [0.1, 0.15) is 12.5 Å². The molecule has 1 unspecified atom stereocenters. The fourth-order valence-electron chi connectivity index (χ4n) is 3.63. The number of ether oxygens (including phenoxy) is 2. The molecule has 2 aromatic carbocycles. The predicted octanol–water partition coefficient (Wildman–Crippen LogP) is 5.16. The van der Waals surface area contributed by atoms with Gasteiger partial charge in [-0.05, 0) is 42.5 Å². The molecule has 0 aromatic heterocycles. The Hall–Kier alpha value is -2.01. The Morgan fingerprint density at radius 3 is 2.62 bits per heavy atom. The average molecular weight is 434 g/mol. The number of halogens is 2. The second-order valence-corrected chi connectivity index (χ2v) is 7.96. The van der Waals surface area contributed by atoms with Crippen LogP contribution in [0.3, 0.4) is 0 Å². The van der Waals surface area contributed by atoms with E-state index in [0.717, 1.165) is 12.0 Å². The first-order valence-corrected chi connectivity index (χ1v) is 10.3. The van der Waals surface area contributed by atoms with Crippen molar-refractivity contribution in [3.8, 4) is 5.75 Å². The second-order valence-electron chi connectivity index (χ2n) is 7.15. The van der Waals surface area contributed by atoms with Gasteiger partial charge in [-0.3, -0.25) is 4.79 Å². The number of amides is 1. The molecule has 154 valence electrons. The normalized spacial score (nSPS) is 17.2. The third-order valence-corrected chi connectivity index (χ3v) is 5.85. The molecule has 0 aliphatic carbocycles. The van der Waals surface area contributed by atoms with Gasteiger partial charge >= 0.3 is 0 Å². The van der Waals surface area contributed by atoms with Crippen LogP contribution in [-0.2, 0) is 22.4 Å². The Labute approximate surface area is 182 Å². The van der Waals surface area contributed by atoms with Crippen LogP contribution in [0.4, 0.5) is 0 Å². The van der Waals surface area contributed by atoms with E-state index >= 15 is 0 Å². The molecule has 6 heteroatoms. The summed E-state index contributed by atoms with van der Waals surface area (Å²) in [5.74, 6) is 0.313. The first kappa shape index (κ1) is 21.7. The van der Waals surface area contributed by atoms with Gasteiger partial charge in [0, 0.05) is 16.0 Å². The van der Waals surface area contributed by atoms with Gasteiger partial charge in [-0.1, -0.05) is 59.6 Å². The fourth-order valence-corrected chi connectivity index (χ4v) is 4.25. The Bertz CT molecular complexity index is 833. The molecule has 2 aromatic rings. The zero-order valence-electron chi connectivity index (χ0n) is 16.4. The molecule has 1 amide bonds. The molecule has 2 atom stereocenters. The number of hydrogen-bond acceptors (Lipinski definition) is 3. The monoisotopic (exact) mass is 433 g/mol. The van der Waals surface area contributed by atoms with Gasteiger partial charge in [-0.15, -0.1) is 6.58 Å². The SMILES string of the molecule is C=CCC(Cc1c(Cl)cc(OC)cc1Cl)C(=O)N1COC[C@H]1Cc1ccccc1. The van der Waals surface area contributed by atoms with Crippen molar-refractivity contribution in [3.05, 3.63) is 76.3 Å². The van der Waals surface area contributed by atoms with E-state index in [2.05, 4.69) is 18.7 Å². The number of carbonyl (C=O) groups excluding carboxylic acids is 1. The summed E-state index contributed by atoms with van der Waals surface area (Å²) >= 11 is 12.8. The summed E-state index contributed by atoms with van der Waals surface area (Å²) in [5.41, 5.74) is 1.93. The van der Waals surface area contributed by atoms with Crippen molar-refractivity contribution in [3.63, 3.8) is 0 Å². The molecule has 1 heterocycles. The van der Waals surface area contributed by atoms with Gasteiger partial charge in [0.25, 0.3) is 0 Å². The van der Waals surface area contributed by atoms with Crippen LogP contribution in [0.15, 0.2) is 55.1 Å². The van der Waals surface area contributed by atoms with Crippen LogP contribution in [-0.4, -0.2) is 37.3 Å². The largest absolute Gasteiger partial charge is 0.497 e. The number of rotatable bonds is 8. The minimum Gasteiger partial charge on any atom is -0.497 e. The summed E-state index contributed by atoms with van der Waals surface area (Å²) in [6.45, 7) is 4.66. The molecule has 1 aliphatic heterocycles. The summed E-state index contributed by atoms with van der Waals surface area (Å²) in [6, 6.07) is 13.6. The summed E-state index contributed by atoms with van der Waals surface area (Å²) in [5, 5.41) is 0.990. The summed E-state index contributed by atoms with van der Waals surface area (Å²) < 4.78 is 10.8. The minimum absolute atomic E-state index is 0.0130. The first-order chi connectivity index (χ1) is 14.0. The summed E-state index contributed by atoms with van der Waals surface area (Å²) in [6.07, 6.45) is 3.49. The lowest BCUT2D eigenvalue weighted by Crippen LogP contribution is -2.42. The molecule has 4 nitrogen and oxygen atoms in total. The van der Waals surface area contributed by atoms with Crippen molar-refractivity contribution < 1.29 is 14.3 Å². The van der Waals surface area contributed by atoms with Crippen molar-refractivity contribution in [2.24, 2.45) is 5.92 Å². The first-order valence-electron chi connectivity index (χ1n) is 9.58. The molecule has 1 fully saturated rings. The lowest BCUT2D eigenvalue weighted by molar-refractivity contribution is -0.137. The van der Waals surface area contributed by atoms with E-state index in [1.807, 2.05) is 23.1 Å². The van der Waals surface area contributed by atoms with Gasteiger partial charge in [0.15, 0.2) is 0 Å². The summed E-state index contributed by atoms with van der Waals surface area (Å²) in [4.78, 5) is 15.2. The number of methoxy groups -OCH3 is 1. The third-order valence-electron chi connectivity index (χ3n) is 5.18. The van der Waals surface area contributed by atoms with E-state index < -0.39 is 0 Å². The van der Waals surface area contributed by atoms with Crippen molar-refractivity contribution in [1.29, 1.82) is 0 Å². The van der Waals surface area contributed by atoms with Crippen molar-refractivity contribution in [2.75, 3.05) is 20.4 Å². The highest BCUT2D eigenvalue weighted by molar-refractivity contribution is 6.36. The molecule has 1 saturated heterocycles. The highest BCUT2D eigenvalue weighted by Crippen LogP contribution is 2.33. The molecule has 3 rings (SSSR count). The zero-order chi connectivity index (χ0) is 20.8. The van der Waals surface area contributed by atoms with Crippen molar-refractivity contribution in [1.82, 2.24) is 4.90 Å². The minimum atomic E-state index is -0.309. The maximum Gasteiger partial charge on any atom is 0.228 e. The van der Waals surface area contributed by atoms with Crippen LogP contribution in [0.25, 0.3) is 0 Å².